The molecule has 0 aromatic carbocycles. The summed E-state index contributed by atoms with van der Waals surface area (Å²) < 4.78 is 10.5. The van der Waals surface area contributed by atoms with Crippen molar-refractivity contribution in [3.05, 3.63) is 11.7 Å². The highest BCUT2D eigenvalue weighted by Crippen LogP contribution is 2.14. The van der Waals surface area contributed by atoms with Crippen molar-refractivity contribution in [1.29, 1.82) is 0 Å². The molecule has 1 unspecified atom stereocenters. The number of piperazine rings is 1. The van der Waals surface area contributed by atoms with Crippen molar-refractivity contribution in [2.24, 2.45) is 5.73 Å². The largest absolute Gasteiger partial charge is 0.380 e. The zero-order valence-corrected chi connectivity index (χ0v) is 13.1. The zero-order valence-electron chi connectivity index (χ0n) is 13.1. The highest BCUT2D eigenvalue weighted by molar-refractivity contribution is 4.89. The van der Waals surface area contributed by atoms with E-state index >= 15 is 0 Å². The van der Waals surface area contributed by atoms with Crippen LogP contribution >= 0.6 is 0 Å². The lowest BCUT2D eigenvalue weighted by Gasteiger charge is -2.40. The van der Waals surface area contributed by atoms with E-state index in [1.165, 1.54) is 0 Å². The summed E-state index contributed by atoms with van der Waals surface area (Å²) in [5.41, 5.74) is 5.49. The van der Waals surface area contributed by atoms with E-state index in [-0.39, 0.29) is 0 Å². The Hall–Kier alpha value is -1.02. The second kappa shape index (κ2) is 8.43. The first kappa shape index (κ1) is 16.4. The molecule has 1 aliphatic heterocycles. The van der Waals surface area contributed by atoms with E-state index in [1.807, 2.05) is 6.92 Å². The highest BCUT2D eigenvalue weighted by Gasteiger charge is 2.26. The zero-order chi connectivity index (χ0) is 15.1. The minimum absolute atomic E-state index is 0.301. The maximum absolute atomic E-state index is 5.49. The molecule has 1 atom stereocenters. The van der Waals surface area contributed by atoms with Gasteiger partial charge >= 0.3 is 0 Å². The van der Waals surface area contributed by atoms with Crippen LogP contribution in [0.25, 0.3) is 0 Å². The third-order valence-electron chi connectivity index (χ3n) is 3.94. The van der Waals surface area contributed by atoms with Crippen LogP contribution < -0.4 is 5.73 Å². The average molecular weight is 297 g/mol. The summed E-state index contributed by atoms with van der Waals surface area (Å²) in [4.78, 5) is 9.18. The Morgan fingerprint density at radius 3 is 2.90 bits per heavy atom. The molecule has 1 aromatic heterocycles. The number of rotatable bonds is 8. The van der Waals surface area contributed by atoms with Crippen molar-refractivity contribution in [1.82, 2.24) is 19.9 Å². The third kappa shape index (κ3) is 4.74. The van der Waals surface area contributed by atoms with Gasteiger partial charge in [-0.05, 0) is 13.3 Å². The van der Waals surface area contributed by atoms with Crippen LogP contribution in [-0.2, 0) is 17.8 Å². The van der Waals surface area contributed by atoms with E-state index in [9.17, 15) is 0 Å². The number of aromatic nitrogens is 2. The number of nitrogens with two attached hydrogens (primary N) is 1. The summed E-state index contributed by atoms with van der Waals surface area (Å²) in [7, 11) is 0. The fraction of sp³-hybridized carbons (Fsp3) is 0.857. The summed E-state index contributed by atoms with van der Waals surface area (Å²) in [6.45, 7) is 11.1. The second-order valence-corrected chi connectivity index (χ2v) is 5.34. The van der Waals surface area contributed by atoms with Crippen molar-refractivity contribution in [2.45, 2.75) is 39.4 Å². The van der Waals surface area contributed by atoms with E-state index < -0.39 is 0 Å². The van der Waals surface area contributed by atoms with Gasteiger partial charge in [0.05, 0.1) is 19.7 Å². The molecule has 0 bridgehead atoms. The Bertz CT molecular complexity index is 412. The van der Waals surface area contributed by atoms with Gasteiger partial charge in [-0.25, -0.2) is 0 Å². The fourth-order valence-corrected chi connectivity index (χ4v) is 2.75. The van der Waals surface area contributed by atoms with Gasteiger partial charge in [0.2, 0.25) is 5.89 Å². The Labute approximate surface area is 126 Å². The quantitative estimate of drug-likeness (QED) is 0.698. The Balaban J connectivity index is 1.82. The number of hydrogen-bond donors (Lipinski definition) is 1. The fourth-order valence-electron chi connectivity index (χ4n) is 2.75. The summed E-state index contributed by atoms with van der Waals surface area (Å²) in [6, 6.07) is 0.570. The van der Waals surface area contributed by atoms with Gasteiger partial charge in [-0.1, -0.05) is 12.1 Å². The van der Waals surface area contributed by atoms with Gasteiger partial charge < -0.3 is 15.0 Å². The van der Waals surface area contributed by atoms with Crippen LogP contribution in [0.1, 0.15) is 32.0 Å². The van der Waals surface area contributed by atoms with E-state index in [1.54, 1.807) is 0 Å². The first-order valence-corrected chi connectivity index (χ1v) is 7.82. The summed E-state index contributed by atoms with van der Waals surface area (Å²) in [5, 5.41) is 3.97. The van der Waals surface area contributed by atoms with Gasteiger partial charge in [0, 0.05) is 38.8 Å². The van der Waals surface area contributed by atoms with Crippen LogP contribution in [0.15, 0.2) is 4.52 Å². The summed E-state index contributed by atoms with van der Waals surface area (Å²) in [5.74, 6) is 1.24. The molecule has 0 radical (unpaired) electrons. The normalized spacial score (nSPS) is 21.0. The van der Waals surface area contributed by atoms with Crippen molar-refractivity contribution >= 4 is 0 Å². The van der Waals surface area contributed by atoms with Crippen LogP contribution in [0, 0.1) is 0 Å². The highest BCUT2D eigenvalue weighted by atomic mass is 16.5. The molecule has 0 amide bonds. The average Bonchev–Trinajstić information content (AvgIpc) is 2.96. The molecule has 1 aromatic rings. The molecular weight excluding hydrogens is 270 g/mol. The van der Waals surface area contributed by atoms with Crippen LogP contribution in [0.4, 0.5) is 0 Å². The molecule has 0 aliphatic carbocycles. The van der Waals surface area contributed by atoms with Crippen LogP contribution in [0.3, 0.4) is 0 Å². The molecule has 0 spiro atoms. The molecule has 7 heteroatoms. The molecule has 2 N–H and O–H groups in total. The minimum Gasteiger partial charge on any atom is -0.380 e. The number of ether oxygens (including phenoxy) is 1. The molecule has 7 nitrogen and oxygen atoms in total. The molecule has 2 rings (SSSR count). The van der Waals surface area contributed by atoms with Crippen molar-refractivity contribution < 1.29 is 9.26 Å². The smallest absolute Gasteiger partial charge is 0.240 e. The summed E-state index contributed by atoms with van der Waals surface area (Å²) in [6.07, 6.45) is 1.14. The topological polar surface area (TPSA) is 80.7 Å². The molecule has 1 fully saturated rings. The predicted octanol–water partition coefficient (Wildman–Crippen LogP) is 0.461. The predicted molar refractivity (Wildman–Crippen MR) is 79.6 cm³/mol. The molecule has 1 aliphatic rings. The van der Waals surface area contributed by atoms with Gasteiger partial charge in [-0.2, -0.15) is 4.98 Å². The first-order chi connectivity index (χ1) is 10.3. The maximum Gasteiger partial charge on any atom is 0.240 e. The molecule has 2 heterocycles. The molecule has 120 valence electrons. The molecular formula is C14H27N5O2. The number of hydrogen-bond acceptors (Lipinski definition) is 7. The van der Waals surface area contributed by atoms with Crippen molar-refractivity contribution in [2.75, 3.05) is 39.4 Å². The lowest BCUT2D eigenvalue weighted by Crippen LogP contribution is -2.53. The first-order valence-electron chi connectivity index (χ1n) is 7.82. The van der Waals surface area contributed by atoms with Crippen LogP contribution in [0.2, 0.25) is 0 Å². The molecule has 0 saturated carbocycles. The van der Waals surface area contributed by atoms with Gasteiger partial charge in [-0.3, -0.25) is 9.80 Å². The lowest BCUT2D eigenvalue weighted by molar-refractivity contribution is 0.0374. The van der Waals surface area contributed by atoms with Crippen molar-refractivity contribution in [3.63, 3.8) is 0 Å². The number of nitrogens with zero attached hydrogens (tertiary/aromatic N) is 4. The van der Waals surface area contributed by atoms with Crippen LogP contribution in [-0.4, -0.2) is 65.4 Å². The van der Waals surface area contributed by atoms with Gasteiger partial charge in [0.1, 0.15) is 0 Å². The summed E-state index contributed by atoms with van der Waals surface area (Å²) >= 11 is 0. The molecule has 1 saturated heterocycles. The standard InChI is InChI=1S/C14H27N5O2/c1-3-12-10-18(5-6-19(12)7-8-20-4-2)11-13-16-14(9-15)21-17-13/h12H,3-11,15H2,1-2H3. The Morgan fingerprint density at radius 1 is 1.38 bits per heavy atom. The van der Waals surface area contributed by atoms with E-state index in [0.29, 0.717) is 18.5 Å². The van der Waals surface area contributed by atoms with E-state index in [4.69, 9.17) is 15.0 Å². The second-order valence-electron chi connectivity index (χ2n) is 5.34. The van der Waals surface area contributed by atoms with Crippen LogP contribution in [0.5, 0.6) is 0 Å². The monoisotopic (exact) mass is 297 g/mol. The lowest BCUT2D eigenvalue weighted by atomic mass is 10.1. The van der Waals surface area contributed by atoms with Gasteiger partial charge in [0.25, 0.3) is 0 Å². The molecule has 21 heavy (non-hydrogen) atoms. The van der Waals surface area contributed by atoms with E-state index in [2.05, 4.69) is 26.9 Å². The SMILES string of the molecule is CCOCCN1CCN(Cc2noc(CN)n2)CC1CC. The Kier molecular flexibility index (Phi) is 6.56. The van der Waals surface area contributed by atoms with Gasteiger partial charge in [-0.15, -0.1) is 0 Å². The third-order valence-corrected chi connectivity index (χ3v) is 3.94. The van der Waals surface area contributed by atoms with Gasteiger partial charge in [0.15, 0.2) is 5.82 Å². The van der Waals surface area contributed by atoms with Crippen molar-refractivity contribution in [3.8, 4) is 0 Å². The Morgan fingerprint density at radius 2 is 2.24 bits per heavy atom. The minimum atomic E-state index is 0.301. The van der Waals surface area contributed by atoms with E-state index in [0.717, 1.165) is 58.2 Å². The maximum atomic E-state index is 5.49.